The fourth-order valence-corrected chi connectivity index (χ4v) is 2.17. The molecule has 0 amide bonds. The molecule has 2 N–H and O–H groups in total. The number of rotatable bonds is 6. The van der Waals surface area contributed by atoms with E-state index < -0.39 is 4.92 Å². The van der Waals surface area contributed by atoms with Gasteiger partial charge in [-0.1, -0.05) is 12.1 Å². The van der Waals surface area contributed by atoms with Gasteiger partial charge in [0.1, 0.15) is 5.75 Å². The van der Waals surface area contributed by atoms with Gasteiger partial charge in [0.15, 0.2) is 5.11 Å². The van der Waals surface area contributed by atoms with E-state index in [0.717, 1.165) is 11.4 Å². The molecule has 0 radical (unpaired) electrons. The first-order valence-corrected chi connectivity index (χ1v) is 7.99. The Morgan fingerprint density at radius 3 is 2.64 bits per heavy atom. The van der Waals surface area contributed by atoms with Gasteiger partial charge in [-0.15, -0.1) is 0 Å². The maximum Gasteiger partial charge on any atom is 0.270 e. The Kier molecular flexibility index (Phi) is 6.41. The lowest BCUT2D eigenvalue weighted by molar-refractivity contribution is -0.384. The summed E-state index contributed by atoms with van der Waals surface area (Å²) in [5, 5.41) is 18.3. The van der Waals surface area contributed by atoms with Crippen molar-refractivity contribution in [3.05, 3.63) is 64.2 Å². The van der Waals surface area contributed by atoms with Crippen molar-refractivity contribution < 1.29 is 9.66 Å². The van der Waals surface area contributed by atoms with Gasteiger partial charge in [-0.2, -0.15) is 5.10 Å². The summed E-state index contributed by atoms with van der Waals surface area (Å²) < 4.78 is 5.37. The molecule has 2 rings (SSSR count). The standard InChI is InChI=1S/C17H18N4O3S/c1-3-24-16-9-7-14(8-10-16)18-17(25)20-19-12(2)13-5-4-6-15(11-13)21(22)23/h4-11H,3H2,1-2H3,(H2,18,20,25)/b19-12-. The third kappa shape index (κ3) is 5.54. The number of nitrogens with one attached hydrogen (secondary N) is 2. The minimum absolute atomic E-state index is 0.0159. The second kappa shape index (κ2) is 8.74. The number of benzene rings is 2. The summed E-state index contributed by atoms with van der Waals surface area (Å²) in [6, 6.07) is 13.6. The van der Waals surface area contributed by atoms with Gasteiger partial charge in [-0.3, -0.25) is 15.5 Å². The summed E-state index contributed by atoms with van der Waals surface area (Å²) in [6.45, 7) is 4.27. The SMILES string of the molecule is CCOc1ccc(NC(=S)N/N=C(/C)c2cccc([N+](=O)[O-])c2)cc1. The molecule has 0 aliphatic rings. The zero-order valence-electron chi connectivity index (χ0n) is 13.9. The number of thiocarbonyl (C=S) groups is 1. The summed E-state index contributed by atoms with van der Waals surface area (Å²) in [6.07, 6.45) is 0. The van der Waals surface area contributed by atoms with Gasteiger partial charge in [-0.25, -0.2) is 0 Å². The van der Waals surface area contributed by atoms with E-state index in [1.54, 1.807) is 19.1 Å². The van der Waals surface area contributed by atoms with Crippen LogP contribution in [0, 0.1) is 10.1 Å². The molecular weight excluding hydrogens is 340 g/mol. The third-order valence-electron chi connectivity index (χ3n) is 3.22. The third-order valence-corrected chi connectivity index (χ3v) is 3.42. The largest absolute Gasteiger partial charge is 0.494 e. The summed E-state index contributed by atoms with van der Waals surface area (Å²) in [5.41, 5.74) is 4.76. The second-order valence-electron chi connectivity index (χ2n) is 5.03. The number of anilines is 1. The summed E-state index contributed by atoms with van der Waals surface area (Å²) in [4.78, 5) is 10.4. The molecule has 2 aromatic rings. The highest BCUT2D eigenvalue weighted by Crippen LogP contribution is 2.16. The average molecular weight is 358 g/mol. The minimum Gasteiger partial charge on any atom is -0.494 e. The lowest BCUT2D eigenvalue weighted by Gasteiger charge is -2.09. The monoisotopic (exact) mass is 358 g/mol. The highest BCUT2D eigenvalue weighted by molar-refractivity contribution is 7.80. The zero-order valence-corrected chi connectivity index (χ0v) is 14.7. The molecule has 8 heteroatoms. The Bertz CT molecular complexity index is 791. The first kappa shape index (κ1) is 18.3. The Balaban J connectivity index is 1.96. The molecule has 2 aromatic carbocycles. The predicted molar refractivity (Wildman–Crippen MR) is 102 cm³/mol. The lowest BCUT2D eigenvalue weighted by atomic mass is 10.1. The molecule has 25 heavy (non-hydrogen) atoms. The van der Waals surface area contributed by atoms with Gasteiger partial charge < -0.3 is 10.1 Å². The van der Waals surface area contributed by atoms with E-state index in [1.165, 1.54) is 12.1 Å². The van der Waals surface area contributed by atoms with Crippen LogP contribution in [0.2, 0.25) is 0 Å². The highest BCUT2D eigenvalue weighted by atomic mass is 32.1. The number of nitro groups is 1. The fourth-order valence-electron chi connectivity index (χ4n) is 2.00. The number of hydrogen-bond acceptors (Lipinski definition) is 5. The molecule has 0 aromatic heterocycles. The van der Waals surface area contributed by atoms with Crippen molar-refractivity contribution in [1.29, 1.82) is 0 Å². The second-order valence-corrected chi connectivity index (χ2v) is 5.44. The molecule has 0 fully saturated rings. The first-order chi connectivity index (χ1) is 12.0. The Hall–Kier alpha value is -3.00. The Morgan fingerprint density at radius 1 is 1.28 bits per heavy atom. The number of nitro benzene ring substituents is 1. The van der Waals surface area contributed by atoms with Crippen LogP contribution in [0.15, 0.2) is 53.6 Å². The van der Waals surface area contributed by atoms with E-state index in [9.17, 15) is 10.1 Å². The normalized spacial score (nSPS) is 10.9. The van der Waals surface area contributed by atoms with Crippen molar-refractivity contribution in [1.82, 2.24) is 5.43 Å². The van der Waals surface area contributed by atoms with E-state index >= 15 is 0 Å². The van der Waals surface area contributed by atoms with Crippen LogP contribution in [0.25, 0.3) is 0 Å². The smallest absolute Gasteiger partial charge is 0.270 e. The van der Waals surface area contributed by atoms with E-state index in [-0.39, 0.29) is 5.69 Å². The van der Waals surface area contributed by atoms with Gasteiger partial charge in [0, 0.05) is 23.4 Å². The van der Waals surface area contributed by atoms with Crippen LogP contribution in [0.1, 0.15) is 19.4 Å². The number of hydrogen-bond donors (Lipinski definition) is 2. The minimum atomic E-state index is -0.442. The van der Waals surface area contributed by atoms with Crippen LogP contribution in [0.3, 0.4) is 0 Å². The zero-order chi connectivity index (χ0) is 18.2. The topological polar surface area (TPSA) is 88.8 Å². The van der Waals surface area contributed by atoms with Crippen molar-refractivity contribution in [3.8, 4) is 5.75 Å². The van der Waals surface area contributed by atoms with Crippen molar-refractivity contribution in [2.75, 3.05) is 11.9 Å². The lowest BCUT2D eigenvalue weighted by Crippen LogP contribution is -2.24. The molecule has 0 atom stereocenters. The predicted octanol–water partition coefficient (Wildman–Crippen LogP) is 3.70. The average Bonchev–Trinajstić information content (AvgIpc) is 2.61. The maximum atomic E-state index is 10.8. The van der Waals surface area contributed by atoms with Gasteiger partial charge in [0.25, 0.3) is 5.69 Å². The van der Waals surface area contributed by atoms with Crippen LogP contribution < -0.4 is 15.5 Å². The van der Waals surface area contributed by atoms with Gasteiger partial charge >= 0.3 is 0 Å². The van der Waals surface area contributed by atoms with Crippen molar-refractivity contribution >= 4 is 34.4 Å². The molecule has 0 bridgehead atoms. The maximum absolute atomic E-state index is 10.8. The molecule has 0 unspecified atom stereocenters. The summed E-state index contributed by atoms with van der Waals surface area (Å²) in [7, 11) is 0. The molecule has 0 saturated carbocycles. The number of ether oxygens (including phenoxy) is 1. The molecular formula is C17H18N4O3S. The first-order valence-electron chi connectivity index (χ1n) is 7.58. The quantitative estimate of drug-likeness (QED) is 0.354. The van der Waals surface area contributed by atoms with Crippen LogP contribution >= 0.6 is 12.2 Å². The van der Waals surface area contributed by atoms with Gasteiger partial charge in [-0.05, 0) is 50.3 Å². The molecule has 0 aliphatic carbocycles. The number of nitrogens with zero attached hydrogens (tertiary/aromatic N) is 2. The van der Waals surface area contributed by atoms with Crippen LogP contribution in [-0.4, -0.2) is 22.4 Å². The number of non-ortho nitro benzene ring substituents is 1. The van der Waals surface area contributed by atoms with Gasteiger partial charge in [0.2, 0.25) is 0 Å². The fraction of sp³-hybridized carbons (Fsp3) is 0.176. The Labute approximate surface area is 150 Å². The molecule has 0 spiro atoms. The van der Waals surface area contributed by atoms with E-state index in [0.29, 0.717) is 23.0 Å². The summed E-state index contributed by atoms with van der Waals surface area (Å²) >= 11 is 5.19. The van der Waals surface area contributed by atoms with Crippen molar-refractivity contribution in [2.24, 2.45) is 5.10 Å². The van der Waals surface area contributed by atoms with Crippen LogP contribution in [-0.2, 0) is 0 Å². The molecule has 0 heterocycles. The molecule has 130 valence electrons. The van der Waals surface area contributed by atoms with E-state index in [4.69, 9.17) is 17.0 Å². The molecule has 7 nitrogen and oxygen atoms in total. The Morgan fingerprint density at radius 2 is 2.00 bits per heavy atom. The molecule has 0 aliphatic heterocycles. The van der Waals surface area contributed by atoms with E-state index in [2.05, 4.69) is 15.8 Å². The summed E-state index contributed by atoms with van der Waals surface area (Å²) in [5.74, 6) is 0.784. The van der Waals surface area contributed by atoms with Crippen LogP contribution in [0.5, 0.6) is 5.75 Å². The van der Waals surface area contributed by atoms with Crippen molar-refractivity contribution in [3.63, 3.8) is 0 Å². The van der Waals surface area contributed by atoms with E-state index in [1.807, 2.05) is 31.2 Å². The molecule has 0 saturated heterocycles. The van der Waals surface area contributed by atoms with Crippen molar-refractivity contribution in [2.45, 2.75) is 13.8 Å². The number of hydrazone groups is 1. The van der Waals surface area contributed by atoms with Gasteiger partial charge in [0.05, 0.1) is 17.2 Å². The highest BCUT2D eigenvalue weighted by Gasteiger charge is 2.07. The van der Waals surface area contributed by atoms with Crippen LogP contribution in [0.4, 0.5) is 11.4 Å².